The summed E-state index contributed by atoms with van der Waals surface area (Å²) >= 11 is 8.70. The number of carbonyl (C=O) groups is 3. The van der Waals surface area contributed by atoms with Crippen LogP contribution in [0.25, 0.3) is 9.88 Å². The first-order valence-electron chi connectivity index (χ1n) is 9.73. The summed E-state index contributed by atoms with van der Waals surface area (Å²) in [6.45, 7) is 4.75. The molecule has 2 aromatic rings. The Morgan fingerprint density at radius 1 is 1.33 bits per heavy atom. The molecule has 0 spiro atoms. The topological polar surface area (TPSA) is 79.8 Å². The molecule has 3 rings (SSSR count). The number of thiazole rings is 1. The molecule has 0 bridgehead atoms. The third kappa shape index (κ3) is 5.19. The Bertz CT molecular complexity index is 942. The van der Waals surface area contributed by atoms with Gasteiger partial charge >= 0.3 is 5.97 Å². The minimum atomic E-state index is -0.299. The molecule has 0 aromatic carbocycles. The van der Waals surface area contributed by atoms with Crippen LogP contribution in [0, 0.1) is 12.8 Å². The maximum absolute atomic E-state index is 12.9. The molecule has 1 aliphatic heterocycles. The lowest BCUT2D eigenvalue weighted by molar-refractivity contribution is -0.151. The number of hydrogen-bond acceptors (Lipinski definition) is 7. The molecule has 0 saturated carbocycles. The Kier molecular flexibility index (Phi) is 7.49. The summed E-state index contributed by atoms with van der Waals surface area (Å²) in [5, 5.41) is 0.737. The Labute approximate surface area is 188 Å². The van der Waals surface area contributed by atoms with E-state index in [1.165, 1.54) is 27.6 Å². The van der Waals surface area contributed by atoms with Crippen LogP contribution in [0.1, 0.15) is 35.1 Å². The number of thiophene rings is 1. The molecule has 7 nitrogen and oxygen atoms in total. The number of likely N-dealkylation sites (tertiary alicyclic amines) is 1. The number of aromatic nitrogens is 1. The van der Waals surface area contributed by atoms with Crippen molar-refractivity contribution in [1.82, 2.24) is 14.8 Å². The van der Waals surface area contributed by atoms with Gasteiger partial charge in [0.05, 0.1) is 34.0 Å². The average molecular weight is 470 g/mol. The maximum Gasteiger partial charge on any atom is 0.310 e. The number of aryl methyl sites for hydroxylation is 1. The summed E-state index contributed by atoms with van der Waals surface area (Å²) in [6, 6.07) is 3.68. The lowest BCUT2D eigenvalue weighted by atomic mass is 9.98. The van der Waals surface area contributed by atoms with Crippen molar-refractivity contribution in [2.24, 2.45) is 5.92 Å². The van der Waals surface area contributed by atoms with E-state index in [9.17, 15) is 14.4 Å². The Morgan fingerprint density at radius 2 is 2.10 bits per heavy atom. The number of amides is 2. The van der Waals surface area contributed by atoms with Crippen molar-refractivity contribution in [3.63, 3.8) is 0 Å². The number of esters is 1. The molecule has 30 heavy (non-hydrogen) atoms. The lowest BCUT2D eigenvalue weighted by Crippen LogP contribution is -2.47. The fraction of sp³-hybridized carbons (Fsp3) is 0.500. The van der Waals surface area contributed by atoms with E-state index in [2.05, 4.69) is 4.98 Å². The van der Waals surface area contributed by atoms with Gasteiger partial charge in [0.2, 0.25) is 5.91 Å². The van der Waals surface area contributed by atoms with Crippen LogP contribution in [0.4, 0.5) is 0 Å². The van der Waals surface area contributed by atoms with E-state index in [4.69, 9.17) is 16.3 Å². The van der Waals surface area contributed by atoms with Crippen molar-refractivity contribution in [1.29, 1.82) is 0 Å². The van der Waals surface area contributed by atoms with Crippen molar-refractivity contribution in [2.75, 3.05) is 33.3 Å². The van der Waals surface area contributed by atoms with Gasteiger partial charge in [-0.3, -0.25) is 14.4 Å². The summed E-state index contributed by atoms with van der Waals surface area (Å²) in [5.41, 5.74) is 0.629. The molecule has 1 saturated heterocycles. The summed E-state index contributed by atoms with van der Waals surface area (Å²) < 4.78 is 5.75. The molecule has 162 valence electrons. The van der Waals surface area contributed by atoms with Crippen LogP contribution in [0.2, 0.25) is 4.34 Å². The third-order valence-corrected chi connectivity index (χ3v) is 7.43. The van der Waals surface area contributed by atoms with Gasteiger partial charge in [0, 0.05) is 20.1 Å². The van der Waals surface area contributed by atoms with Crippen LogP contribution < -0.4 is 0 Å². The molecule has 1 fully saturated rings. The van der Waals surface area contributed by atoms with Crippen LogP contribution in [0.5, 0.6) is 0 Å². The fourth-order valence-corrected chi connectivity index (χ4v) is 5.49. The summed E-state index contributed by atoms with van der Waals surface area (Å²) in [6.07, 6.45) is 1.46. The van der Waals surface area contributed by atoms with Crippen LogP contribution in [-0.2, 0) is 14.3 Å². The van der Waals surface area contributed by atoms with E-state index in [1.807, 2.05) is 6.07 Å². The number of piperidine rings is 1. The second kappa shape index (κ2) is 9.89. The molecular formula is C20H24ClN3O4S2. The number of rotatable bonds is 6. The van der Waals surface area contributed by atoms with E-state index in [0.717, 1.165) is 16.3 Å². The molecule has 0 radical (unpaired) electrons. The number of nitrogens with zero attached hydrogens (tertiary/aromatic N) is 3. The molecule has 0 N–H and O–H groups in total. The normalized spacial score (nSPS) is 16.4. The van der Waals surface area contributed by atoms with E-state index in [1.54, 1.807) is 31.9 Å². The van der Waals surface area contributed by atoms with E-state index in [0.29, 0.717) is 41.0 Å². The van der Waals surface area contributed by atoms with Crippen LogP contribution >= 0.6 is 34.3 Å². The third-order valence-electron chi connectivity index (χ3n) is 4.89. The number of hydrogen-bond donors (Lipinski definition) is 0. The highest BCUT2D eigenvalue weighted by Gasteiger charge is 2.30. The minimum absolute atomic E-state index is 0.0497. The van der Waals surface area contributed by atoms with Gasteiger partial charge in [-0.25, -0.2) is 4.98 Å². The standard InChI is InChI=1S/C20H24ClN3O4S2/c1-4-28-20(27)13-6-5-9-24(10-13)16(25)11-23(3)19(26)17-12(2)22-18(30-17)14-7-8-15(21)29-14/h7-8,13H,4-6,9-11H2,1-3H3. The van der Waals surface area contributed by atoms with E-state index >= 15 is 0 Å². The van der Waals surface area contributed by atoms with E-state index in [-0.39, 0.29) is 30.2 Å². The number of likely N-dealkylation sites (N-methyl/N-ethyl adjacent to an activating group) is 1. The lowest BCUT2D eigenvalue weighted by Gasteiger charge is -2.32. The summed E-state index contributed by atoms with van der Waals surface area (Å²) in [7, 11) is 1.61. The van der Waals surface area contributed by atoms with Gasteiger partial charge in [-0.15, -0.1) is 22.7 Å². The van der Waals surface area contributed by atoms with Gasteiger partial charge in [-0.2, -0.15) is 0 Å². The van der Waals surface area contributed by atoms with Crippen LogP contribution in [-0.4, -0.2) is 65.9 Å². The van der Waals surface area contributed by atoms with Gasteiger partial charge in [-0.1, -0.05) is 11.6 Å². The smallest absolute Gasteiger partial charge is 0.310 e. The van der Waals surface area contributed by atoms with Gasteiger partial charge in [0.1, 0.15) is 9.88 Å². The Balaban J connectivity index is 1.63. The SMILES string of the molecule is CCOC(=O)C1CCCN(C(=O)CN(C)C(=O)c2sc(-c3ccc(Cl)s3)nc2C)C1. The fourth-order valence-electron chi connectivity index (χ4n) is 3.33. The number of carbonyl (C=O) groups excluding carboxylic acids is 3. The quantitative estimate of drug-likeness (QED) is 0.602. The van der Waals surface area contributed by atoms with Crippen molar-refractivity contribution in [3.8, 4) is 9.88 Å². The molecule has 10 heteroatoms. The summed E-state index contributed by atoms with van der Waals surface area (Å²) in [4.78, 5) is 46.6. The van der Waals surface area contributed by atoms with Crippen LogP contribution in [0.3, 0.4) is 0 Å². The predicted molar refractivity (Wildman–Crippen MR) is 118 cm³/mol. The molecular weight excluding hydrogens is 446 g/mol. The average Bonchev–Trinajstić information content (AvgIpc) is 3.33. The zero-order valence-electron chi connectivity index (χ0n) is 17.1. The zero-order valence-corrected chi connectivity index (χ0v) is 19.5. The zero-order chi connectivity index (χ0) is 21.8. The highest BCUT2D eigenvalue weighted by atomic mass is 35.5. The first-order chi connectivity index (χ1) is 14.3. The van der Waals surface area contributed by atoms with Gasteiger partial charge in [0.25, 0.3) is 5.91 Å². The van der Waals surface area contributed by atoms with E-state index < -0.39 is 0 Å². The highest BCUT2D eigenvalue weighted by molar-refractivity contribution is 7.24. The first kappa shape index (κ1) is 22.7. The predicted octanol–water partition coefficient (Wildman–Crippen LogP) is 3.71. The molecule has 2 aromatic heterocycles. The van der Waals surface area contributed by atoms with Crippen molar-refractivity contribution >= 4 is 52.1 Å². The second-order valence-electron chi connectivity index (χ2n) is 7.13. The molecule has 2 amide bonds. The molecule has 3 heterocycles. The molecule has 0 aliphatic carbocycles. The number of ether oxygens (including phenoxy) is 1. The van der Waals surface area contributed by atoms with Gasteiger partial charge in [0.15, 0.2) is 0 Å². The largest absolute Gasteiger partial charge is 0.466 e. The monoisotopic (exact) mass is 469 g/mol. The second-order valence-corrected chi connectivity index (χ2v) is 9.84. The molecule has 1 aliphatic rings. The van der Waals surface area contributed by atoms with Crippen molar-refractivity contribution < 1.29 is 19.1 Å². The molecule has 1 unspecified atom stereocenters. The number of halogens is 1. The van der Waals surface area contributed by atoms with Crippen LogP contribution in [0.15, 0.2) is 12.1 Å². The Hall–Kier alpha value is -1.97. The minimum Gasteiger partial charge on any atom is -0.466 e. The Morgan fingerprint density at radius 3 is 2.77 bits per heavy atom. The maximum atomic E-state index is 12.9. The van der Waals surface area contributed by atoms with Crippen molar-refractivity contribution in [2.45, 2.75) is 26.7 Å². The summed E-state index contributed by atoms with van der Waals surface area (Å²) in [5.74, 6) is -0.980. The van der Waals surface area contributed by atoms with Gasteiger partial charge < -0.3 is 14.5 Å². The first-order valence-corrected chi connectivity index (χ1v) is 11.7. The molecule has 1 atom stereocenters. The van der Waals surface area contributed by atoms with Gasteiger partial charge in [-0.05, 0) is 38.8 Å². The highest BCUT2D eigenvalue weighted by Crippen LogP contribution is 2.35. The van der Waals surface area contributed by atoms with Crippen molar-refractivity contribution in [3.05, 3.63) is 27.0 Å².